The number of amides is 4. The minimum Gasteiger partial charge on any atom is -0.504 e. The normalized spacial score (nSPS) is 25.4. The molecule has 2 N–H and O–H groups in total. The molecule has 0 aromatic heterocycles. The van der Waals surface area contributed by atoms with Crippen LogP contribution in [0.4, 0.5) is 42.1 Å². The van der Waals surface area contributed by atoms with Crippen molar-refractivity contribution >= 4 is 46.6 Å². The van der Waals surface area contributed by atoms with Crippen LogP contribution in [0.15, 0.2) is 96.6 Å². The average molecular weight is 842 g/mol. The number of carbonyl (C=O) groups excluding carboxylic acids is 4. The Labute approximate surface area is 336 Å². The number of hydrogen-bond acceptors (Lipinski definition) is 7. The molecule has 2 heterocycles. The summed E-state index contributed by atoms with van der Waals surface area (Å²) in [6.45, 7) is 1.79. The highest BCUT2D eigenvalue weighted by Gasteiger charge is 2.71. The summed E-state index contributed by atoms with van der Waals surface area (Å²) in [5.41, 5.74) is -2.65. The van der Waals surface area contributed by atoms with E-state index in [1.54, 1.807) is 31.2 Å². The number of allylic oxidation sites excluding steroid dienone is 2. The number of nitrogens with zero attached hydrogens (tertiary/aromatic N) is 2. The third-order valence-electron chi connectivity index (χ3n) is 11.7. The largest absolute Gasteiger partial charge is 0.504 e. The Kier molecular flexibility index (Phi) is 9.56. The molecule has 4 aliphatic rings. The number of carbonyl (C=O) groups is 4. The molecule has 0 radical (unpaired) electrons. The predicted molar refractivity (Wildman–Crippen MR) is 197 cm³/mol. The van der Waals surface area contributed by atoms with Gasteiger partial charge in [0.05, 0.1) is 52.3 Å². The number of alkyl halides is 6. The van der Waals surface area contributed by atoms with Gasteiger partial charge in [-0.05, 0) is 91.9 Å². The summed E-state index contributed by atoms with van der Waals surface area (Å²) >= 11 is 6.30. The topological polar surface area (TPSA) is 116 Å². The second-order valence-corrected chi connectivity index (χ2v) is 15.2. The minimum absolute atomic E-state index is 0.0191. The lowest BCUT2D eigenvalue weighted by Crippen LogP contribution is -2.53. The number of rotatable bonds is 7. The van der Waals surface area contributed by atoms with Crippen LogP contribution in [0.1, 0.15) is 47.9 Å². The number of nitrogens with one attached hydrogen (secondary N) is 1. The van der Waals surface area contributed by atoms with Crippen molar-refractivity contribution < 1.29 is 59.8 Å². The van der Waals surface area contributed by atoms with E-state index in [1.165, 1.54) is 36.4 Å². The van der Waals surface area contributed by atoms with E-state index in [1.807, 2.05) is 0 Å². The molecule has 1 saturated carbocycles. The highest BCUT2D eigenvalue weighted by Crippen LogP contribution is 2.65. The average Bonchev–Trinajstić information content (AvgIpc) is 3.56. The maximum absolute atomic E-state index is 15.3. The Morgan fingerprint density at radius 1 is 0.847 bits per heavy atom. The Hall–Kier alpha value is -5.90. The third kappa shape index (κ3) is 6.30. The number of ether oxygens (including phenoxy) is 1. The first-order chi connectivity index (χ1) is 27.9. The van der Waals surface area contributed by atoms with Crippen LogP contribution in [0, 0.1) is 29.5 Å². The fourth-order valence-electron chi connectivity index (χ4n) is 9.37. The lowest BCUT2D eigenvalue weighted by Gasteiger charge is -2.50. The highest BCUT2D eigenvalue weighted by molar-refractivity contribution is 6.30. The lowest BCUT2D eigenvalue weighted by molar-refractivity contribution is -0.143. The summed E-state index contributed by atoms with van der Waals surface area (Å²) in [4.78, 5) is 59.1. The summed E-state index contributed by atoms with van der Waals surface area (Å²) in [6, 6.07) is 15.9. The number of halogens is 8. The van der Waals surface area contributed by atoms with Gasteiger partial charge in [0, 0.05) is 16.5 Å². The SMILES string of the molecule is CCOc1cccc(C2C3=CCC4C(=O)N(c5cc(C(F)(F)F)cc(C(F)(F)F)c5)C(=O)C4C3CC3C(=O)N(Nc4ccc(F)cc4)C(=O)C32c2ccc(Cl)cc2)c1O. The molecule has 6 unspecified atom stereocenters. The van der Waals surface area contributed by atoms with Crippen molar-refractivity contribution in [2.75, 3.05) is 16.9 Å². The van der Waals surface area contributed by atoms with Crippen LogP contribution < -0.4 is 15.1 Å². The number of phenols is 1. The molecule has 4 aromatic rings. The fraction of sp³-hybridized carbons (Fsp3) is 0.286. The van der Waals surface area contributed by atoms with Gasteiger partial charge in [-0.3, -0.25) is 24.6 Å². The van der Waals surface area contributed by atoms with Gasteiger partial charge in [0.15, 0.2) is 11.5 Å². The van der Waals surface area contributed by atoms with E-state index in [0.717, 1.165) is 17.1 Å². The van der Waals surface area contributed by atoms with Gasteiger partial charge >= 0.3 is 12.4 Å². The molecule has 3 fully saturated rings. The molecule has 17 heteroatoms. The number of anilines is 2. The summed E-state index contributed by atoms with van der Waals surface area (Å²) in [6.07, 6.45) is -9.48. The molecular formula is C42H31ClF7N3O6. The van der Waals surface area contributed by atoms with Crippen LogP contribution in [-0.4, -0.2) is 40.4 Å². The van der Waals surface area contributed by atoms with Crippen molar-refractivity contribution in [1.29, 1.82) is 0 Å². The number of phenolic OH excluding ortho intramolecular Hbond substituents is 1. The van der Waals surface area contributed by atoms with Crippen molar-refractivity contribution in [3.63, 3.8) is 0 Å². The van der Waals surface area contributed by atoms with E-state index in [9.17, 15) is 50.2 Å². The van der Waals surface area contributed by atoms with E-state index in [2.05, 4.69) is 5.43 Å². The van der Waals surface area contributed by atoms with Gasteiger partial charge < -0.3 is 9.84 Å². The summed E-state index contributed by atoms with van der Waals surface area (Å²) in [5.74, 6) is -11.1. The second-order valence-electron chi connectivity index (χ2n) is 14.8. The smallest absolute Gasteiger partial charge is 0.416 e. The monoisotopic (exact) mass is 841 g/mol. The molecule has 0 bridgehead atoms. The minimum atomic E-state index is -5.27. The Morgan fingerprint density at radius 3 is 2.10 bits per heavy atom. The number of aromatic hydroxyl groups is 1. The Balaban J connectivity index is 1.32. The van der Waals surface area contributed by atoms with Crippen LogP contribution in [0.5, 0.6) is 11.5 Å². The summed E-state index contributed by atoms with van der Waals surface area (Å²) in [7, 11) is 0. The number of imide groups is 2. The van der Waals surface area contributed by atoms with Crippen molar-refractivity contribution in [3.05, 3.63) is 130 Å². The second kappa shape index (κ2) is 14.1. The van der Waals surface area contributed by atoms with E-state index >= 15 is 4.79 Å². The van der Waals surface area contributed by atoms with E-state index in [0.29, 0.717) is 22.6 Å². The number of benzene rings is 4. The summed E-state index contributed by atoms with van der Waals surface area (Å²) in [5, 5.41) is 12.9. The van der Waals surface area contributed by atoms with Crippen LogP contribution in [0.25, 0.3) is 0 Å². The molecule has 2 saturated heterocycles. The Bertz CT molecular complexity index is 2410. The van der Waals surface area contributed by atoms with Gasteiger partial charge in [0.2, 0.25) is 11.8 Å². The lowest BCUT2D eigenvalue weighted by atomic mass is 9.49. The van der Waals surface area contributed by atoms with Crippen LogP contribution in [0.2, 0.25) is 5.02 Å². The zero-order valence-electron chi connectivity index (χ0n) is 30.6. The Morgan fingerprint density at radius 2 is 1.49 bits per heavy atom. The van der Waals surface area contributed by atoms with Crippen molar-refractivity contribution in [3.8, 4) is 11.5 Å². The molecule has 6 atom stereocenters. The van der Waals surface area contributed by atoms with Crippen LogP contribution in [-0.2, 0) is 36.9 Å². The van der Waals surface area contributed by atoms with Gasteiger partial charge in [-0.15, -0.1) is 0 Å². The van der Waals surface area contributed by atoms with E-state index in [-0.39, 0.29) is 53.1 Å². The van der Waals surface area contributed by atoms with Gasteiger partial charge in [-0.1, -0.05) is 47.5 Å². The third-order valence-corrected chi connectivity index (χ3v) is 12.0. The molecule has 8 rings (SSSR count). The van der Waals surface area contributed by atoms with Gasteiger partial charge in [0.25, 0.3) is 11.8 Å². The molecule has 306 valence electrons. The molecule has 0 spiro atoms. The number of hydrogen-bond donors (Lipinski definition) is 2. The van der Waals surface area contributed by atoms with E-state index in [4.69, 9.17) is 16.3 Å². The maximum Gasteiger partial charge on any atom is 0.416 e. The first-order valence-electron chi connectivity index (χ1n) is 18.4. The van der Waals surface area contributed by atoms with E-state index < -0.39 is 99.4 Å². The highest BCUT2D eigenvalue weighted by atomic mass is 35.5. The quantitative estimate of drug-likeness (QED) is 0.109. The first-order valence-corrected chi connectivity index (χ1v) is 18.7. The molecule has 4 amide bonds. The standard InChI is InChI=1S/C42H31ClF7N3O6/c1-2-59-32-5-3-4-29(35(32)54)34-27-14-15-28-33(38(57)52(36(28)55)26-17-21(41(45,46)47)16-22(18-26)42(48,49)50)30(27)19-31-37(56)53(51-25-12-10-24(44)11-13-25)39(58)40(31,34)20-6-8-23(43)9-7-20/h3-14,16-18,28,30-31,33-34,51,54H,2,15,19H2,1H3. The number of fused-ring (bicyclic) bond motifs is 4. The molecule has 2 aliphatic carbocycles. The molecule has 9 nitrogen and oxygen atoms in total. The summed E-state index contributed by atoms with van der Waals surface area (Å²) < 4.78 is 103. The zero-order valence-corrected chi connectivity index (χ0v) is 31.3. The number of hydrazine groups is 1. The van der Waals surface area contributed by atoms with Crippen molar-refractivity contribution in [2.24, 2.45) is 23.7 Å². The molecule has 2 aliphatic heterocycles. The maximum atomic E-state index is 15.3. The van der Waals surface area contributed by atoms with Crippen molar-refractivity contribution in [1.82, 2.24) is 5.01 Å². The fourth-order valence-corrected chi connectivity index (χ4v) is 9.49. The van der Waals surface area contributed by atoms with Gasteiger partial charge in [-0.2, -0.15) is 31.4 Å². The van der Waals surface area contributed by atoms with Gasteiger partial charge in [-0.25, -0.2) is 9.29 Å². The van der Waals surface area contributed by atoms with Crippen LogP contribution in [0.3, 0.4) is 0 Å². The van der Waals surface area contributed by atoms with Gasteiger partial charge in [0.1, 0.15) is 5.82 Å². The number of para-hydroxylation sites is 1. The first kappa shape index (κ1) is 39.9. The molecule has 4 aromatic carbocycles. The zero-order chi connectivity index (χ0) is 42.3. The molecular weight excluding hydrogens is 811 g/mol. The van der Waals surface area contributed by atoms with Crippen molar-refractivity contribution in [2.45, 2.75) is 43.5 Å². The predicted octanol–water partition coefficient (Wildman–Crippen LogP) is 8.81. The molecule has 59 heavy (non-hydrogen) atoms. The van der Waals surface area contributed by atoms with Crippen LogP contribution >= 0.6 is 11.6 Å².